The van der Waals surface area contributed by atoms with Gasteiger partial charge in [-0.3, -0.25) is 0 Å². The van der Waals surface area contributed by atoms with Gasteiger partial charge in [-0.1, -0.05) is 129 Å². The average Bonchev–Trinajstić information content (AvgIpc) is 3.63. The largest absolute Gasteiger partial charge is 0.456 e. The number of rotatable bonds is 4. The van der Waals surface area contributed by atoms with Crippen LogP contribution in [-0.2, 0) is 5.41 Å². The Balaban J connectivity index is 1.26. The number of para-hydroxylation sites is 1. The smallest absolute Gasteiger partial charge is 0.136 e. The van der Waals surface area contributed by atoms with Gasteiger partial charge in [-0.05, 0) is 97.9 Å². The third kappa shape index (κ3) is 4.20. The van der Waals surface area contributed by atoms with E-state index in [0.717, 1.165) is 44.6 Å². The van der Waals surface area contributed by atoms with Crippen LogP contribution in [0.4, 0.5) is 17.1 Å². The quantitative estimate of drug-likeness (QED) is 0.193. The maximum absolute atomic E-state index is 6.43. The highest BCUT2D eigenvalue weighted by Crippen LogP contribution is 2.52. The van der Waals surface area contributed by atoms with E-state index in [4.69, 9.17) is 4.42 Å². The van der Waals surface area contributed by atoms with Gasteiger partial charge in [0.15, 0.2) is 0 Å². The molecule has 1 aromatic heterocycles. The molecule has 10 rings (SSSR count). The van der Waals surface area contributed by atoms with Crippen molar-refractivity contribution >= 4 is 60.5 Å². The summed E-state index contributed by atoms with van der Waals surface area (Å²) in [5, 5.41) is 7.12. The van der Waals surface area contributed by atoms with E-state index in [2.05, 4.69) is 170 Å². The fourth-order valence-corrected chi connectivity index (χ4v) is 8.21. The van der Waals surface area contributed by atoms with Gasteiger partial charge in [0.05, 0.1) is 5.69 Å². The first-order valence-corrected chi connectivity index (χ1v) is 17.0. The van der Waals surface area contributed by atoms with Gasteiger partial charge in [-0.2, -0.15) is 0 Å². The first-order chi connectivity index (χ1) is 24.0. The highest BCUT2D eigenvalue weighted by Gasteiger charge is 2.36. The molecule has 0 N–H and O–H groups in total. The Morgan fingerprint density at radius 2 is 1.10 bits per heavy atom. The predicted octanol–water partition coefficient (Wildman–Crippen LogP) is 13.3. The molecule has 9 aromatic rings. The first-order valence-electron chi connectivity index (χ1n) is 17.0. The molecule has 8 aromatic carbocycles. The number of furan rings is 1. The summed E-state index contributed by atoms with van der Waals surface area (Å²) in [5.41, 5.74) is 12.7. The predicted molar refractivity (Wildman–Crippen MR) is 206 cm³/mol. The fraction of sp³-hybridized carbons (Fsp3) is 0.0638. The molecule has 1 heterocycles. The molecule has 0 bridgehead atoms. The molecule has 0 saturated heterocycles. The molecule has 0 saturated carbocycles. The first kappa shape index (κ1) is 27.9. The molecule has 49 heavy (non-hydrogen) atoms. The van der Waals surface area contributed by atoms with Crippen molar-refractivity contribution < 1.29 is 4.42 Å². The van der Waals surface area contributed by atoms with Crippen LogP contribution in [0.5, 0.6) is 0 Å². The van der Waals surface area contributed by atoms with Crippen LogP contribution in [0.2, 0.25) is 0 Å². The van der Waals surface area contributed by atoms with E-state index in [0.29, 0.717) is 0 Å². The molecule has 0 amide bonds. The maximum Gasteiger partial charge on any atom is 0.136 e. The summed E-state index contributed by atoms with van der Waals surface area (Å²) in [7, 11) is 0. The molecule has 0 aliphatic heterocycles. The molecular weight excluding hydrogens is 595 g/mol. The van der Waals surface area contributed by atoms with Crippen molar-refractivity contribution in [3.8, 4) is 22.3 Å². The highest BCUT2D eigenvalue weighted by molar-refractivity contribution is 6.10. The molecule has 1 aliphatic carbocycles. The van der Waals surface area contributed by atoms with Crippen LogP contribution < -0.4 is 4.90 Å². The van der Waals surface area contributed by atoms with E-state index in [1.807, 2.05) is 12.1 Å². The molecule has 0 spiro atoms. The Hall–Kier alpha value is -6.12. The lowest BCUT2D eigenvalue weighted by molar-refractivity contribution is 0.660. The zero-order chi connectivity index (χ0) is 32.7. The van der Waals surface area contributed by atoms with Gasteiger partial charge in [0, 0.05) is 33.1 Å². The Kier molecular flexibility index (Phi) is 5.95. The van der Waals surface area contributed by atoms with Gasteiger partial charge >= 0.3 is 0 Å². The van der Waals surface area contributed by atoms with Crippen molar-refractivity contribution in [2.45, 2.75) is 19.3 Å². The second kappa shape index (κ2) is 10.4. The van der Waals surface area contributed by atoms with Crippen LogP contribution in [-0.4, -0.2) is 0 Å². The number of fused-ring (bicyclic) bond motifs is 8. The fourth-order valence-electron chi connectivity index (χ4n) is 8.21. The molecule has 2 heteroatoms. The average molecular weight is 628 g/mol. The van der Waals surface area contributed by atoms with Crippen molar-refractivity contribution in [1.29, 1.82) is 0 Å². The van der Waals surface area contributed by atoms with E-state index < -0.39 is 0 Å². The van der Waals surface area contributed by atoms with Crippen molar-refractivity contribution in [1.82, 2.24) is 0 Å². The summed E-state index contributed by atoms with van der Waals surface area (Å²) in [6.07, 6.45) is 0. The number of benzene rings is 8. The van der Waals surface area contributed by atoms with E-state index in [1.165, 1.54) is 49.4 Å². The second-order valence-electron chi connectivity index (χ2n) is 13.8. The number of anilines is 3. The molecule has 2 nitrogen and oxygen atoms in total. The van der Waals surface area contributed by atoms with Crippen LogP contribution in [0, 0.1) is 0 Å². The van der Waals surface area contributed by atoms with Crippen molar-refractivity contribution in [3.05, 3.63) is 175 Å². The number of nitrogens with zero attached hydrogens (tertiary/aromatic N) is 1. The molecule has 0 unspecified atom stereocenters. The van der Waals surface area contributed by atoms with E-state index >= 15 is 0 Å². The monoisotopic (exact) mass is 627 g/mol. The lowest BCUT2D eigenvalue weighted by atomic mass is 9.82. The zero-order valence-corrected chi connectivity index (χ0v) is 27.4. The Morgan fingerprint density at radius 3 is 2.00 bits per heavy atom. The topological polar surface area (TPSA) is 16.4 Å². The zero-order valence-electron chi connectivity index (χ0n) is 27.4. The Bertz CT molecular complexity index is 2770. The van der Waals surface area contributed by atoms with Crippen LogP contribution in [0.15, 0.2) is 168 Å². The molecule has 0 atom stereocenters. The summed E-state index contributed by atoms with van der Waals surface area (Å²) in [4.78, 5) is 2.45. The minimum atomic E-state index is -0.116. The standard InChI is InChI=1S/C47H33NO/c1-47(2)41-17-9-7-15-37(41)38-25-23-35(29-42(38)47)48(34-22-19-30-11-3-4-13-32(30)27-34)43-26-21-31-12-5-6-14-36(31)46(43)33-20-24-40-39-16-8-10-18-44(39)49-45(40)28-33/h3-29H,1-2H3. The molecule has 0 radical (unpaired) electrons. The van der Waals surface area contributed by atoms with Crippen molar-refractivity contribution in [2.24, 2.45) is 0 Å². The Morgan fingerprint density at radius 1 is 0.449 bits per heavy atom. The van der Waals surface area contributed by atoms with Gasteiger partial charge in [0.25, 0.3) is 0 Å². The number of hydrogen-bond acceptors (Lipinski definition) is 2. The normalized spacial score (nSPS) is 13.3. The van der Waals surface area contributed by atoms with Gasteiger partial charge in [-0.25, -0.2) is 0 Å². The minimum Gasteiger partial charge on any atom is -0.456 e. The molecular formula is C47H33NO. The van der Waals surface area contributed by atoms with Gasteiger partial charge in [0.2, 0.25) is 0 Å². The van der Waals surface area contributed by atoms with Gasteiger partial charge in [-0.15, -0.1) is 0 Å². The van der Waals surface area contributed by atoms with Crippen LogP contribution in [0.3, 0.4) is 0 Å². The lowest BCUT2D eigenvalue weighted by Gasteiger charge is -2.30. The third-order valence-corrected chi connectivity index (χ3v) is 10.6. The number of hydrogen-bond donors (Lipinski definition) is 0. The lowest BCUT2D eigenvalue weighted by Crippen LogP contribution is -2.17. The van der Waals surface area contributed by atoms with E-state index in [1.54, 1.807) is 0 Å². The third-order valence-electron chi connectivity index (χ3n) is 10.6. The summed E-state index contributed by atoms with van der Waals surface area (Å²) in [6, 6.07) is 59.6. The highest BCUT2D eigenvalue weighted by atomic mass is 16.3. The maximum atomic E-state index is 6.43. The van der Waals surface area contributed by atoms with Crippen LogP contribution >= 0.6 is 0 Å². The van der Waals surface area contributed by atoms with Gasteiger partial charge < -0.3 is 9.32 Å². The van der Waals surface area contributed by atoms with E-state index in [9.17, 15) is 0 Å². The molecule has 232 valence electrons. The van der Waals surface area contributed by atoms with Crippen LogP contribution in [0.25, 0.3) is 65.7 Å². The Labute approximate surface area is 285 Å². The van der Waals surface area contributed by atoms with Crippen LogP contribution in [0.1, 0.15) is 25.0 Å². The minimum absolute atomic E-state index is 0.116. The summed E-state index contributed by atoms with van der Waals surface area (Å²) < 4.78 is 6.43. The van der Waals surface area contributed by atoms with Gasteiger partial charge in [0.1, 0.15) is 11.2 Å². The van der Waals surface area contributed by atoms with E-state index in [-0.39, 0.29) is 5.41 Å². The summed E-state index contributed by atoms with van der Waals surface area (Å²) in [6.45, 7) is 4.71. The molecule has 1 aliphatic rings. The molecule has 0 fully saturated rings. The SMILES string of the molecule is CC1(C)c2ccccc2-c2ccc(N(c3ccc4ccccc4c3)c3ccc4ccccc4c3-c3ccc4c(c3)oc3ccccc34)cc21. The summed E-state index contributed by atoms with van der Waals surface area (Å²) >= 11 is 0. The summed E-state index contributed by atoms with van der Waals surface area (Å²) in [5.74, 6) is 0. The second-order valence-corrected chi connectivity index (χ2v) is 13.8. The van der Waals surface area contributed by atoms with Crippen molar-refractivity contribution in [3.63, 3.8) is 0 Å². The van der Waals surface area contributed by atoms with Crippen molar-refractivity contribution in [2.75, 3.05) is 4.90 Å².